The van der Waals surface area contributed by atoms with Crippen LogP contribution in [0.15, 0.2) is 65.5 Å². The number of hydrogen-bond acceptors (Lipinski definition) is 8. The number of thiazole rings is 1. The Bertz CT molecular complexity index is 888. The van der Waals surface area contributed by atoms with Crippen molar-refractivity contribution in [3.63, 3.8) is 0 Å². The molecule has 3 heterocycles. The highest BCUT2D eigenvalue weighted by atomic mass is 32.1. The average Bonchev–Trinajstić information content (AvgIpc) is 3.17. The molecule has 0 aromatic carbocycles. The number of allylic oxidation sites excluding steroid dienone is 2. The number of rotatable bonds is 7. The fourth-order valence-electron chi connectivity index (χ4n) is 2.42. The van der Waals surface area contributed by atoms with Crippen molar-refractivity contribution in [2.75, 3.05) is 25.5 Å². The van der Waals surface area contributed by atoms with Gasteiger partial charge in [0.2, 0.25) is 5.88 Å². The number of methoxy groups -OCH3 is 1. The number of hydrogen-bond donors (Lipinski definition) is 2. The lowest BCUT2D eigenvalue weighted by molar-refractivity contribution is 0.278. The van der Waals surface area contributed by atoms with Crippen molar-refractivity contribution in [3.05, 3.63) is 60.5 Å². The minimum Gasteiger partial charge on any atom is -0.493 e. The van der Waals surface area contributed by atoms with Crippen LogP contribution in [0, 0.1) is 0 Å². The first-order valence-electron chi connectivity index (χ1n) is 8.42. The maximum atomic E-state index is 5.91. The van der Waals surface area contributed by atoms with Crippen LogP contribution in [0.2, 0.25) is 0 Å². The molecule has 0 saturated carbocycles. The first kappa shape index (κ1) is 18.7. The van der Waals surface area contributed by atoms with Gasteiger partial charge in [0.15, 0.2) is 22.6 Å². The number of nitrogens with zero attached hydrogens (tertiary/aromatic N) is 3. The highest BCUT2D eigenvalue weighted by Gasteiger charge is 2.15. The van der Waals surface area contributed by atoms with Crippen molar-refractivity contribution in [1.82, 2.24) is 15.3 Å². The predicted molar refractivity (Wildman–Crippen MR) is 109 cm³/mol. The van der Waals surface area contributed by atoms with Gasteiger partial charge in [-0.2, -0.15) is 0 Å². The minimum absolute atomic E-state index is 0.411. The normalized spacial score (nSPS) is 14.3. The quantitative estimate of drug-likeness (QED) is 0.562. The summed E-state index contributed by atoms with van der Waals surface area (Å²) >= 11 is 1.49. The maximum Gasteiger partial charge on any atom is 0.228 e. The average molecular weight is 383 g/mol. The van der Waals surface area contributed by atoms with Crippen LogP contribution in [-0.4, -0.2) is 36.1 Å². The van der Waals surface area contributed by atoms with E-state index in [1.165, 1.54) is 11.3 Å². The van der Waals surface area contributed by atoms with Gasteiger partial charge in [-0.15, -0.1) is 11.3 Å². The van der Waals surface area contributed by atoms with E-state index in [0.717, 1.165) is 41.9 Å². The number of guanidine groups is 1. The molecular formula is C19H21N5O2S. The van der Waals surface area contributed by atoms with Gasteiger partial charge < -0.3 is 20.1 Å². The summed E-state index contributed by atoms with van der Waals surface area (Å²) in [6.45, 7) is 9.20. The summed E-state index contributed by atoms with van der Waals surface area (Å²) in [4.78, 5) is 13.4. The van der Waals surface area contributed by atoms with Gasteiger partial charge in [-0.1, -0.05) is 13.2 Å². The molecule has 2 aromatic rings. The summed E-state index contributed by atoms with van der Waals surface area (Å²) in [6, 6.07) is 3.74. The van der Waals surface area contributed by atoms with Gasteiger partial charge in [-0.05, 0) is 30.7 Å². The molecule has 0 amide bonds. The largest absolute Gasteiger partial charge is 0.493 e. The summed E-state index contributed by atoms with van der Waals surface area (Å²) in [5.74, 6) is 2.07. The van der Waals surface area contributed by atoms with E-state index in [0.29, 0.717) is 17.4 Å². The molecule has 0 atom stereocenters. The van der Waals surface area contributed by atoms with Crippen molar-refractivity contribution in [2.45, 2.75) is 6.42 Å². The van der Waals surface area contributed by atoms with Gasteiger partial charge in [-0.3, -0.25) is 4.99 Å². The Morgan fingerprint density at radius 1 is 1.33 bits per heavy atom. The van der Waals surface area contributed by atoms with Gasteiger partial charge in [0.25, 0.3) is 0 Å². The number of ether oxygens (including phenoxy) is 2. The molecule has 0 spiro atoms. The van der Waals surface area contributed by atoms with E-state index in [9.17, 15) is 0 Å². The van der Waals surface area contributed by atoms with Gasteiger partial charge in [0.05, 0.1) is 18.4 Å². The zero-order valence-electron chi connectivity index (χ0n) is 15.1. The summed E-state index contributed by atoms with van der Waals surface area (Å²) < 4.78 is 11.2. The molecular weight excluding hydrogens is 362 g/mol. The molecule has 27 heavy (non-hydrogen) atoms. The van der Waals surface area contributed by atoms with Crippen LogP contribution in [0.25, 0.3) is 11.3 Å². The smallest absolute Gasteiger partial charge is 0.228 e. The second kappa shape index (κ2) is 9.00. The van der Waals surface area contributed by atoms with Gasteiger partial charge in [0, 0.05) is 24.7 Å². The third kappa shape index (κ3) is 4.53. The topological polar surface area (TPSA) is 80.7 Å². The maximum absolute atomic E-state index is 5.91. The third-order valence-corrected chi connectivity index (χ3v) is 4.47. The number of nitrogens with one attached hydrogen (secondary N) is 2. The van der Waals surface area contributed by atoms with Crippen molar-refractivity contribution >= 4 is 22.4 Å². The van der Waals surface area contributed by atoms with E-state index in [2.05, 4.69) is 38.8 Å². The lowest BCUT2D eigenvalue weighted by atomic mass is 10.2. The Morgan fingerprint density at radius 2 is 2.19 bits per heavy atom. The molecule has 140 valence electrons. The minimum atomic E-state index is 0.411. The second-order valence-corrected chi connectivity index (χ2v) is 6.33. The SMILES string of the molecule is C=C/C(OC)=C(\C=C)Oc1ncccc1-c1csc(NC2=NCCCN2)n1. The zero-order valence-corrected chi connectivity index (χ0v) is 15.9. The van der Waals surface area contributed by atoms with Crippen LogP contribution in [0.3, 0.4) is 0 Å². The lowest BCUT2D eigenvalue weighted by Gasteiger charge is -2.14. The van der Waals surface area contributed by atoms with Crippen molar-refractivity contribution in [3.8, 4) is 17.1 Å². The number of aromatic nitrogens is 2. The van der Waals surface area contributed by atoms with Crippen LogP contribution >= 0.6 is 11.3 Å². The monoisotopic (exact) mass is 383 g/mol. The Kier molecular flexibility index (Phi) is 6.22. The van der Waals surface area contributed by atoms with E-state index < -0.39 is 0 Å². The summed E-state index contributed by atoms with van der Waals surface area (Å²) in [7, 11) is 1.55. The molecule has 1 aliphatic heterocycles. The Morgan fingerprint density at radius 3 is 2.89 bits per heavy atom. The van der Waals surface area contributed by atoms with E-state index in [-0.39, 0.29) is 0 Å². The zero-order chi connectivity index (χ0) is 19.1. The van der Waals surface area contributed by atoms with E-state index in [1.54, 1.807) is 25.5 Å². The lowest BCUT2D eigenvalue weighted by Crippen LogP contribution is -2.35. The van der Waals surface area contributed by atoms with Crippen LogP contribution in [0.5, 0.6) is 5.88 Å². The first-order chi connectivity index (χ1) is 13.2. The second-order valence-electron chi connectivity index (χ2n) is 5.47. The number of anilines is 1. The molecule has 8 heteroatoms. The van der Waals surface area contributed by atoms with Gasteiger partial charge in [0.1, 0.15) is 0 Å². The highest BCUT2D eigenvalue weighted by molar-refractivity contribution is 7.14. The number of pyridine rings is 1. The van der Waals surface area contributed by atoms with Gasteiger partial charge in [-0.25, -0.2) is 9.97 Å². The highest BCUT2D eigenvalue weighted by Crippen LogP contribution is 2.32. The molecule has 0 unspecified atom stereocenters. The molecule has 7 nitrogen and oxygen atoms in total. The van der Waals surface area contributed by atoms with Crippen LogP contribution < -0.4 is 15.4 Å². The summed E-state index contributed by atoms with van der Waals surface area (Å²) in [6.07, 6.45) is 5.81. The molecule has 0 bridgehead atoms. The third-order valence-electron chi connectivity index (χ3n) is 3.71. The Hall–Kier alpha value is -3.13. The Balaban J connectivity index is 1.86. The molecule has 2 N–H and O–H groups in total. The fraction of sp³-hybridized carbons (Fsp3) is 0.211. The van der Waals surface area contributed by atoms with E-state index >= 15 is 0 Å². The van der Waals surface area contributed by atoms with E-state index in [1.807, 2.05) is 17.5 Å². The Labute approximate surface area is 162 Å². The first-order valence-corrected chi connectivity index (χ1v) is 9.30. The molecule has 0 radical (unpaired) electrons. The predicted octanol–water partition coefficient (Wildman–Crippen LogP) is 3.58. The molecule has 2 aromatic heterocycles. The molecule has 1 aliphatic rings. The van der Waals surface area contributed by atoms with Crippen LogP contribution in [-0.2, 0) is 4.74 Å². The van der Waals surface area contributed by atoms with Crippen molar-refractivity contribution < 1.29 is 9.47 Å². The molecule has 0 aliphatic carbocycles. The molecule has 3 rings (SSSR count). The van der Waals surface area contributed by atoms with Crippen LogP contribution in [0.4, 0.5) is 5.13 Å². The van der Waals surface area contributed by atoms with E-state index in [4.69, 9.17) is 9.47 Å². The van der Waals surface area contributed by atoms with Gasteiger partial charge >= 0.3 is 0 Å². The fourth-order valence-corrected chi connectivity index (χ4v) is 3.13. The van der Waals surface area contributed by atoms with Crippen molar-refractivity contribution in [1.29, 1.82) is 0 Å². The summed E-state index contributed by atoms with van der Waals surface area (Å²) in [5.41, 5.74) is 1.52. The standard InChI is InChI=1S/C19H21N5O2S/c1-4-15(25-3)16(5-2)26-17-13(8-6-9-20-17)14-12-27-19(23-14)24-18-21-10-7-11-22-18/h4-6,8-9,12H,1-2,7,10-11H2,3H3,(H2,21,22,23,24)/b16-15-. The number of aliphatic imine (C=N–C) groups is 1. The molecule has 0 fully saturated rings. The van der Waals surface area contributed by atoms with Crippen LogP contribution in [0.1, 0.15) is 6.42 Å². The summed E-state index contributed by atoms with van der Waals surface area (Å²) in [5, 5.41) is 9.11. The molecule has 0 saturated heterocycles. The van der Waals surface area contributed by atoms with Crippen molar-refractivity contribution in [2.24, 2.45) is 4.99 Å².